The highest BCUT2D eigenvalue weighted by Gasteiger charge is 2.51. The Labute approximate surface area is 330 Å². The fourth-order valence-electron chi connectivity index (χ4n) is 8.45. The molecule has 308 valence electrons. The number of carbonyl (C=O) groups excluding carboxylic acids is 1. The summed E-state index contributed by atoms with van der Waals surface area (Å²) >= 11 is 0. The number of carbonyl (C=O) groups is 1. The van der Waals surface area contributed by atoms with Crippen molar-refractivity contribution < 1.29 is 14.3 Å². The van der Waals surface area contributed by atoms with Crippen LogP contribution in [0.3, 0.4) is 0 Å². The van der Waals surface area contributed by atoms with Gasteiger partial charge in [0, 0.05) is 25.7 Å². The van der Waals surface area contributed by atoms with Gasteiger partial charge in [-0.25, -0.2) is 0 Å². The Kier molecular flexibility index (Phi) is 29.8. The smallest absolute Gasteiger partial charge is 0.169 e. The fourth-order valence-corrected chi connectivity index (χ4v) is 8.45. The highest BCUT2D eigenvalue weighted by Crippen LogP contribution is 2.46. The number of rotatable bonds is 37. The number of hydrogen-bond donors (Lipinski definition) is 0. The predicted octanol–water partition coefficient (Wildman–Crippen LogP) is 14.8. The lowest BCUT2D eigenvalue weighted by Crippen LogP contribution is -2.32. The van der Waals surface area contributed by atoms with Crippen molar-refractivity contribution in [3.63, 3.8) is 0 Å². The van der Waals surface area contributed by atoms with Gasteiger partial charge < -0.3 is 14.4 Å². The topological polar surface area (TPSA) is 38.8 Å². The summed E-state index contributed by atoms with van der Waals surface area (Å²) in [5.41, 5.74) is 0. The molecular weight excluding hydrogens is 651 g/mol. The van der Waals surface area contributed by atoms with Crippen LogP contribution >= 0.6 is 0 Å². The van der Waals surface area contributed by atoms with Crippen molar-refractivity contribution in [1.82, 2.24) is 4.90 Å². The van der Waals surface area contributed by atoms with E-state index in [1.54, 1.807) is 0 Å². The van der Waals surface area contributed by atoms with E-state index in [0.29, 0.717) is 24.5 Å². The lowest BCUT2D eigenvalue weighted by atomic mass is 9.97. The summed E-state index contributed by atoms with van der Waals surface area (Å²) in [5, 5.41) is 0. The molecule has 0 aromatic heterocycles. The zero-order chi connectivity index (χ0) is 38.1. The Morgan fingerprint density at radius 2 is 0.943 bits per heavy atom. The quantitative estimate of drug-likeness (QED) is 0.0470. The molecule has 0 amide bonds. The van der Waals surface area contributed by atoms with Crippen molar-refractivity contribution in [2.75, 3.05) is 20.6 Å². The second kappa shape index (κ2) is 33.0. The van der Waals surface area contributed by atoms with Crippen molar-refractivity contribution in [3.8, 4) is 0 Å². The van der Waals surface area contributed by atoms with Crippen LogP contribution in [-0.4, -0.2) is 49.3 Å². The van der Waals surface area contributed by atoms with Crippen LogP contribution in [0.15, 0.2) is 36.5 Å². The minimum Gasteiger partial charge on any atom is -0.344 e. The first-order valence-corrected chi connectivity index (χ1v) is 23.4. The molecule has 1 heterocycles. The van der Waals surface area contributed by atoms with E-state index in [4.69, 9.17) is 9.47 Å². The Morgan fingerprint density at radius 3 is 1.42 bits per heavy atom. The standard InChI is InChI=1S/C49H89NO3/c1-5-7-9-11-13-15-17-19-21-23-25-27-29-31-33-35-39-49(40-36-34-32-30-28-26-24-22-20-18-16-14-12-10-8-6-2)52-47-43-45(44-48(47)53-49)42-46(51)38-37-41-50(3)4/h13,15,19-22,45,47-48H,5-12,14,16-18,23-44H2,1-4H3/b15-13-,21-19-,22-20-/t45-,47-,48+,49?. The summed E-state index contributed by atoms with van der Waals surface area (Å²) in [6.07, 6.45) is 55.1. The molecule has 0 radical (unpaired) electrons. The molecule has 0 spiro atoms. The number of ketones is 1. The van der Waals surface area contributed by atoms with Gasteiger partial charge in [-0.15, -0.1) is 0 Å². The minimum atomic E-state index is -0.383. The number of ether oxygens (including phenoxy) is 2. The van der Waals surface area contributed by atoms with Crippen LogP contribution in [0.5, 0.6) is 0 Å². The number of fused-ring (bicyclic) bond motifs is 1. The molecule has 0 N–H and O–H groups in total. The molecule has 0 bridgehead atoms. The van der Waals surface area contributed by atoms with Gasteiger partial charge in [0.05, 0.1) is 12.2 Å². The number of unbranched alkanes of at least 4 members (excludes halogenated alkanes) is 21. The van der Waals surface area contributed by atoms with E-state index in [0.717, 1.165) is 45.1 Å². The molecule has 0 aromatic rings. The molecule has 2 fully saturated rings. The van der Waals surface area contributed by atoms with Crippen LogP contribution < -0.4 is 0 Å². The second-order valence-electron chi connectivity index (χ2n) is 17.2. The van der Waals surface area contributed by atoms with Crippen molar-refractivity contribution in [1.29, 1.82) is 0 Å². The number of allylic oxidation sites excluding steroid dienone is 6. The normalized spacial score (nSPS) is 21.7. The Hall–Kier alpha value is -1.23. The van der Waals surface area contributed by atoms with Gasteiger partial charge in [0.25, 0.3) is 0 Å². The molecule has 2 aliphatic rings. The van der Waals surface area contributed by atoms with Crippen LogP contribution in [0.4, 0.5) is 0 Å². The molecule has 1 aliphatic heterocycles. The number of Topliss-reactive ketones (excluding diaryl/α,β-unsaturated/α-hetero) is 1. The molecule has 1 saturated heterocycles. The molecule has 1 aliphatic carbocycles. The largest absolute Gasteiger partial charge is 0.344 e. The lowest BCUT2D eigenvalue weighted by Gasteiger charge is -2.30. The second-order valence-corrected chi connectivity index (χ2v) is 17.2. The van der Waals surface area contributed by atoms with Crippen LogP contribution in [0.2, 0.25) is 0 Å². The summed E-state index contributed by atoms with van der Waals surface area (Å²) in [6, 6.07) is 0. The van der Waals surface area contributed by atoms with Gasteiger partial charge in [-0.05, 0) is 116 Å². The maximum Gasteiger partial charge on any atom is 0.169 e. The van der Waals surface area contributed by atoms with Gasteiger partial charge in [0.2, 0.25) is 0 Å². The summed E-state index contributed by atoms with van der Waals surface area (Å²) in [7, 11) is 4.16. The van der Waals surface area contributed by atoms with E-state index in [2.05, 4.69) is 69.3 Å². The predicted molar refractivity (Wildman–Crippen MR) is 231 cm³/mol. The zero-order valence-electron chi connectivity index (χ0n) is 35.9. The van der Waals surface area contributed by atoms with Crippen molar-refractivity contribution in [2.24, 2.45) is 5.92 Å². The van der Waals surface area contributed by atoms with E-state index in [-0.39, 0.29) is 18.0 Å². The first-order chi connectivity index (χ1) is 26.0. The first-order valence-electron chi connectivity index (χ1n) is 23.4. The minimum absolute atomic E-state index is 0.188. The van der Waals surface area contributed by atoms with Crippen molar-refractivity contribution >= 4 is 5.78 Å². The van der Waals surface area contributed by atoms with Crippen molar-refractivity contribution in [3.05, 3.63) is 36.5 Å². The highest BCUT2D eigenvalue weighted by atomic mass is 16.8. The summed E-state index contributed by atoms with van der Waals surface area (Å²) < 4.78 is 13.8. The average Bonchev–Trinajstić information content (AvgIpc) is 3.66. The zero-order valence-corrected chi connectivity index (χ0v) is 35.9. The third-order valence-electron chi connectivity index (χ3n) is 11.7. The maximum absolute atomic E-state index is 12.7. The van der Waals surface area contributed by atoms with Crippen molar-refractivity contribution in [2.45, 2.75) is 244 Å². The highest BCUT2D eigenvalue weighted by molar-refractivity contribution is 5.78. The summed E-state index contributed by atoms with van der Waals surface area (Å²) in [5.74, 6) is 0.474. The Morgan fingerprint density at radius 1 is 0.547 bits per heavy atom. The third kappa shape index (κ3) is 25.5. The number of nitrogens with zero attached hydrogens (tertiary/aromatic N) is 1. The van der Waals surface area contributed by atoms with E-state index >= 15 is 0 Å². The van der Waals surface area contributed by atoms with Crippen LogP contribution in [0, 0.1) is 5.92 Å². The lowest BCUT2D eigenvalue weighted by molar-refractivity contribution is -0.193. The van der Waals surface area contributed by atoms with Crippen LogP contribution in [0.25, 0.3) is 0 Å². The van der Waals surface area contributed by atoms with Gasteiger partial charge in [0.1, 0.15) is 5.78 Å². The Bertz CT molecular complexity index is 924. The SMILES string of the molecule is CCCCC/C=C\C/C=C\CCCCCCCCC1(CCCCCCCC/C=C\CCCCCCCC)O[C@H]2C[C@H](CC(=O)CCCN(C)C)C[C@H]2O1. The molecule has 2 rings (SSSR count). The fraction of sp³-hybridized carbons (Fsp3) is 0.857. The van der Waals surface area contributed by atoms with E-state index in [1.807, 2.05) is 0 Å². The Balaban J connectivity index is 1.64. The number of hydrogen-bond acceptors (Lipinski definition) is 4. The molecular formula is C49H89NO3. The molecule has 4 heteroatoms. The van der Waals surface area contributed by atoms with Crippen LogP contribution in [0.1, 0.15) is 226 Å². The third-order valence-corrected chi connectivity index (χ3v) is 11.7. The molecule has 4 nitrogen and oxygen atoms in total. The molecule has 1 saturated carbocycles. The van der Waals surface area contributed by atoms with Gasteiger partial charge in [-0.2, -0.15) is 0 Å². The van der Waals surface area contributed by atoms with E-state index < -0.39 is 0 Å². The van der Waals surface area contributed by atoms with E-state index in [1.165, 1.54) is 161 Å². The van der Waals surface area contributed by atoms with Gasteiger partial charge >= 0.3 is 0 Å². The van der Waals surface area contributed by atoms with Gasteiger partial charge in [-0.3, -0.25) is 4.79 Å². The van der Waals surface area contributed by atoms with Gasteiger partial charge in [0.15, 0.2) is 5.79 Å². The maximum atomic E-state index is 12.7. The molecule has 1 unspecified atom stereocenters. The molecule has 4 atom stereocenters. The van der Waals surface area contributed by atoms with Gasteiger partial charge in [-0.1, -0.05) is 147 Å². The van der Waals surface area contributed by atoms with E-state index in [9.17, 15) is 4.79 Å². The molecule has 0 aromatic carbocycles. The first kappa shape index (κ1) is 47.9. The molecule has 53 heavy (non-hydrogen) atoms. The average molecular weight is 740 g/mol. The summed E-state index contributed by atoms with van der Waals surface area (Å²) in [4.78, 5) is 14.8. The van der Waals surface area contributed by atoms with Crippen LogP contribution in [-0.2, 0) is 14.3 Å². The monoisotopic (exact) mass is 740 g/mol. The summed E-state index contributed by atoms with van der Waals surface area (Å²) in [6.45, 7) is 5.55.